The van der Waals surface area contributed by atoms with Crippen LogP contribution in [0.4, 0.5) is 0 Å². The zero-order valence-electron chi connectivity index (χ0n) is 9.80. The SMILES string of the molecule is CCCC(C)COc1ccc(CCl)cc1Br. The average molecular weight is 306 g/mol. The van der Waals surface area contributed by atoms with Crippen molar-refractivity contribution >= 4 is 27.5 Å². The van der Waals surface area contributed by atoms with Crippen molar-refractivity contribution in [1.29, 1.82) is 0 Å². The zero-order valence-corrected chi connectivity index (χ0v) is 12.1. The molecule has 0 heterocycles. The van der Waals surface area contributed by atoms with E-state index in [0.717, 1.165) is 22.4 Å². The van der Waals surface area contributed by atoms with E-state index in [4.69, 9.17) is 16.3 Å². The molecule has 0 aliphatic heterocycles. The second-order valence-electron chi connectivity index (χ2n) is 4.10. The second-order valence-corrected chi connectivity index (χ2v) is 5.22. The minimum Gasteiger partial charge on any atom is -0.492 e. The first-order valence-corrected chi connectivity index (χ1v) is 6.97. The predicted molar refractivity (Wildman–Crippen MR) is 73.3 cm³/mol. The summed E-state index contributed by atoms with van der Waals surface area (Å²) in [7, 11) is 0. The van der Waals surface area contributed by atoms with Crippen molar-refractivity contribution in [3.8, 4) is 5.75 Å². The summed E-state index contributed by atoms with van der Waals surface area (Å²) >= 11 is 9.25. The highest BCUT2D eigenvalue weighted by Crippen LogP contribution is 2.27. The van der Waals surface area contributed by atoms with Crippen molar-refractivity contribution < 1.29 is 4.74 Å². The standard InChI is InChI=1S/C13H18BrClO/c1-3-4-10(2)9-16-13-6-5-11(8-15)7-12(13)14/h5-7,10H,3-4,8-9H2,1-2H3. The smallest absolute Gasteiger partial charge is 0.133 e. The maximum Gasteiger partial charge on any atom is 0.133 e. The molecule has 0 amide bonds. The van der Waals surface area contributed by atoms with Crippen molar-refractivity contribution in [2.24, 2.45) is 5.92 Å². The van der Waals surface area contributed by atoms with Crippen LogP contribution < -0.4 is 4.74 Å². The summed E-state index contributed by atoms with van der Waals surface area (Å²) in [5, 5.41) is 0. The van der Waals surface area contributed by atoms with Crippen molar-refractivity contribution in [2.75, 3.05) is 6.61 Å². The first-order chi connectivity index (χ1) is 7.67. The van der Waals surface area contributed by atoms with Crippen LogP contribution in [0.1, 0.15) is 32.3 Å². The molecule has 1 aromatic rings. The summed E-state index contributed by atoms with van der Waals surface area (Å²) in [5.74, 6) is 2.03. The second kappa shape index (κ2) is 7.18. The highest BCUT2D eigenvalue weighted by atomic mass is 79.9. The van der Waals surface area contributed by atoms with E-state index in [9.17, 15) is 0 Å². The van der Waals surface area contributed by atoms with Crippen LogP contribution in [0.3, 0.4) is 0 Å². The molecule has 0 bridgehead atoms. The molecule has 0 aliphatic carbocycles. The lowest BCUT2D eigenvalue weighted by atomic mass is 10.1. The number of hydrogen-bond acceptors (Lipinski definition) is 1. The average Bonchev–Trinajstić information content (AvgIpc) is 2.27. The molecule has 0 fully saturated rings. The lowest BCUT2D eigenvalue weighted by Crippen LogP contribution is -2.08. The van der Waals surface area contributed by atoms with Gasteiger partial charge in [-0.1, -0.05) is 26.3 Å². The van der Waals surface area contributed by atoms with Gasteiger partial charge < -0.3 is 4.74 Å². The van der Waals surface area contributed by atoms with Crippen LogP contribution in [0.5, 0.6) is 5.75 Å². The summed E-state index contributed by atoms with van der Waals surface area (Å²) in [6, 6.07) is 5.98. The number of rotatable bonds is 6. The monoisotopic (exact) mass is 304 g/mol. The maximum atomic E-state index is 5.76. The van der Waals surface area contributed by atoms with E-state index in [0.29, 0.717) is 11.8 Å². The van der Waals surface area contributed by atoms with E-state index >= 15 is 0 Å². The van der Waals surface area contributed by atoms with Gasteiger partial charge in [0.25, 0.3) is 0 Å². The zero-order chi connectivity index (χ0) is 12.0. The molecule has 90 valence electrons. The fourth-order valence-corrected chi connectivity index (χ4v) is 2.26. The number of alkyl halides is 1. The van der Waals surface area contributed by atoms with Gasteiger partial charge in [0.2, 0.25) is 0 Å². The number of hydrogen-bond donors (Lipinski definition) is 0. The van der Waals surface area contributed by atoms with Gasteiger partial charge in [-0.15, -0.1) is 11.6 Å². The van der Waals surface area contributed by atoms with Gasteiger partial charge in [-0.2, -0.15) is 0 Å². The number of benzene rings is 1. The van der Waals surface area contributed by atoms with Gasteiger partial charge >= 0.3 is 0 Å². The van der Waals surface area contributed by atoms with Crippen LogP contribution in [0.25, 0.3) is 0 Å². The summed E-state index contributed by atoms with van der Waals surface area (Å²) in [6.45, 7) is 5.18. The summed E-state index contributed by atoms with van der Waals surface area (Å²) in [5.41, 5.74) is 1.10. The van der Waals surface area contributed by atoms with Crippen LogP contribution in [-0.4, -0.2) is 6.61 Å². The Kier molecular flexibility index (Phi) is 6.22. The van der Waals surface area contributed by atoms with Gasteiger partial charge in [-0.3, -0.25) is 0 Å². The normalized spacial score (nSPS) is 12.5. The van der Waals surface area contributed by atoms with E-state index < -0.39 is 0 Å². The Labute approximate surface area is 111 Å². The van der Waals surface area contributed by atoms with Crippen LogP contribution in [0.15, 0.2) is 22.7 Å². The van der Waals surface area contributed by atoms with Gasteiger partial charge in [0, 0.05) is 5.88 Å². The van der Waals surface area contributed by atoms with Gasteiger partial charge in [0.1, 0.15) is 5.75 Å². The fraction of sp³-hybridized carbons (Fsp3) is 0.538. The molecule has 0 saturated carbocycles. The molecule has 1 aromatic carbocycles. The highest BCUT2D eigenvalue weighted by molar-refractivity contribution is 9.10. The molecule has 16 heavy (non-hydrogen) atoms. The number of halogens is 2. The fourth-order valence-electron chi connectivity index (χ4n) is 1.55. The molecule has 0 spiro atoms. The molecule has 0 aromatic heterocycles. The van der Waals surface area contributed by atoms with E-state index in [1.807, 2.05) is 18.2 Å². The van der Waals surface area contributed by atoms with Gasteiger partial charge in [0.05, 0.1) is 11.1 Å². The molecule has 1 unspecified atom stereocenters. The van der Waals surface area contributed by atoms with Crippen molar-refractivity contribution in [3.05, 3.63) is 28.2 Å². The van der Waals surface area contributed by atoms with Gasteiger partial charge in [-0.25, -0.2) is 0 Å². The Balaban J connectivity index is 2.54. The first-order valence-electron chi connectivity index (χ1n) is 5.64. The third kappa shape index (κ3) is 4.34. The molecule has 0 saturated heterocycles. The third-order valence-corrected chi connectivity index (χ3v) is 3.38. The minimum atomic E-state index is 0.533. The lowest BCUT2D eigenvalue weighted by molar-refractivity contribution is 0.250. The van der Waals surface area contributed by atoms with Gasteiger partial charge in [0.15, 0.2) is 0 Å². The summed E-state index contributed by atoms with van der Waals surface area (Å²) in [6.07, 6.45) is 2.41. The Bertz CT molecular complexity index is 328. The van der Waals surface area contributed by atoms with Crippen LogP contribution >= 0.6 is 27.5 Å². The van der Waals surface area contributed by atoms with Crippen molar-refractivity contribution in [2.45, 2.75) is 32.6 Å². The molecule has 0 N–H and O–H groups in total. The summed E-state index contributed by atoms with van der Waals surface area (Å²) < 4.78 is 6.74. The molecular formula is C13H18BrClO. The summed E-state index contributed by atoms with van der Waals surface area (Å²) in [4.78, 5) is 0. The molecule has 1 rings (SSSR count). The van der Waals surface area contributed by atoms with Crippen LogP contribution in [-0.2, 0) is 5.88 Å². The molecular weight excluding hydrogens is 287 g/mol. The third-order valence-electron chi connectivity index (χ3n) is 2.46. The van der Waals surface area contributed by atoms with Gasteiger partial charge in [-0.05, 0) is 46.0 Å². The Hall–Kier alpha value is -0.210. The minimum absolute atomic E-state index is 0.533. The molecule has 0 aliphatic rings. The Morgan fingerprint density at radius 2 is 2.19 bits per heavy atom. The van der Waals surface area contributed by atoms with E-state index in [-0.39, 0.29) is 0 Å². The Morgan fingerprint density at radius 3 is 2.75 bits per heavy atom. The quantitative estimate of drug-likeness (QED) is 0.672. The molecule has 1 nitrogen and oxygen atoms in total. The topological polar surface area (TPSA) is 9.23 Å². The predicted octanol–water partition coefficient (Wildman–Crippen LogP) is 5.00. The van der Waals surface area contributed by atoms with E-state index in [1.165, 1.54) is 12.8 Å². The maximum absolute atomic E-state index is 5.76. The van der Waals surface area contributed by atoms with Crippen molar-refractivity contribution in [1.82, 2.24) is 0 Å². The lowest BCUT2D eigenvalue weighted by Gasteiger charge is -2.13. The molecule has 0 radical (unpaired) electrons. The van der Waals surface area contributed by atoms with Crippen LogP contribution in [0, 0.1) is 5.92 Å². The van der Waals surface area contributed by atoms with E-state index in [1.54, 1.807) is 0 Å². The first kappa shape index (κ1) is 13.9. The van der Waals surface area contributed by atoms with Crippen LogP contribution in [0.2, 0.25) is 0 Å². The van der Waals surface area contributed by atoms with E-state index in [2.05, 4.69) is 29.8 Å². The molecule has 1 atom stereocenters. The largest absolute Gasteiger partial charge is 0.492 e. The van der Waals surface area contributed by atoms with Crippen molar-refractivity contribution in [3.63, 3.8) is 0 Å². The Morgan fingerprint density at radius 1 is 1.44 bits per heavy atom. The number of ether oxygens (including phenoxy) is 1. The highest BCUT2D eigenvalue weighted by Gasteiger charge is 2.05. The molecule has 3 heteroatoms.